The lowest BCUT2D eigenvalue weighted by atomic mass is 10.3. The molecule has 0 fully saturated rings. The fraction of sp³-hybridized carbons (Fsp3) is 0.667. The fourth-order valence-corrected chi connectivity index (χ4v) is 4.26. The zero-order valence-electron chi connectivity index (χ0n) is 11.8. The van der Waals surface area contributed by atoms with Crippen LogP contribution in [0.2, 0.25) is 0 Å². The van der Waals surface area contributed by atoms with Gasteiger partial charge >= 0.3 is 8.25 Å². The molecular weight excluding hydrogens is 543 g/mol. The van der Waals surface area contributed by atoms with Crippen molar-refractivity contribution in [3.05, 3.63) is 23.3 Å². The van der Waals surface area contributed by atoms with Crippen molar-refractivity contribution in [1.82, 2.24) is 0 Å². The first kappa shape index (κ1) is 21.6. The molecule has 0 saturated heterocycles. The molecule has 0 atom stereocenters. The van der Waals surface area contributed by atoms with Crippen molar-refractivity contribution in [2.75, 3.05) is 0 Å². The van der Waals surface area contributed by atoms with Crippen LogP contribution in [0.15, 0.2) is 23.3 Å². The lowest BCUT2D eigenvalue weighted by Gasteiger charge is -2.26. The normalized spacial score (nSPS) is 16.4. The molecule has 0 aliphatic heterocycles. The van der Waals surface area contributed by atoms with Gasteiger partial charge in [0.15, 0.2) is 0 Å². The molecule has 0 aromatic carbocycles. The minimum Gasteiger partial charge on any atom is -0.277 e. The maximum Gasteiger partial charge on any atom is 0.323 e. The topological polar surface area (TPSA) is 35.5 Å². The van der Waals surface area contributed by atoms with Gasteiger partial charge in [0.05, 0.1) is 0 Å². The number of hydrogen-bond acceptors (Lipinski definition) is 3. The number of hydrogen-bond donors (Lipinski definition) is 0. The van der Waals surface area contributed by atoms with Gasteiger partial charge in [-0.25, -0.2) is 0 Å². The van der Waals surface area contributed by atoms with Gasteiger partial charge in [0, 0.05) is 0 Å². The first-order chi connectivity index (χ1) is 9.06. The van der Waals surface area contributed by atoms with Gasteiger partial charge in [-0.1, -0.05) is 26.0 Å². The summed E-state index contributed by atoms with van der Waals surface area (Å²) in [7, 11) is -2.75. The second kappa shape index (κ2) is 9.64. The molecule has 0 aromatic heterocycles. The lowest BCUT2D eigenvalue weighted by Crippen LogP contribution is -2.19. The van der Waals surface area contributed by atoms with Crippen molar-refractivity contribution in [2.24, 2.45) is 0 Å². The van der Waals surface area contributed by atoms with Crippen LogP contribution in [0, 0.1) is 0 Å². The Labute approximate surface area is 155 Å². The highest BCUT2D eigenvalue weighted by molar-refractivity contribution is 9.25. The molecule has 118 valence electrons. The zero-order valence-corrected chi connectivity index (χ0v) is 19.1. The molecule has 0 N–H and O–H groups in total. The van der Waals surface area contributed by atoms with E-state index in [0.29, 0.717) is 0 Å². The monoisotopic (exact) mass is 558 g/mol. The van der Waals surface area contributed by atoms with E-state index in [1.165, 1.54) is 0 Å². The highest BCUT2D eigenvalue weighted by atomic mass is 79.9. The number of allylic oxidation sites excluding steroid dienone is 2. The summed E-state index contributed by atoms with van der Waals surface area (Å²) in [5.41, 5.74) is 1.75. The van der Waals surface area contributed by atoms with E-state index in [1.807, 2.05) is 39.8 Å². The van der Waals surface area contributed by atoms with Gasteiger partial charge in [-0.2, -0.15) is 0 Å². The fourth-order valence-electron chi connectivity index (χ4n) is 1.24. The molecule has 3 nitrogen and oxygen atoms in total. The molecule has 0 unspecified atom stereocenters. The Bertz CT molecular complexity index is 370. The van der Waals surface area contributed by atoms with E-state index in [2.05, 4.69) is 63.7 Å². The minimum absolute atomic E-state index is 0.856. The minimum atomic E-state index is -2.75. The molecule has 8 heteroatoms. The Hall–Kier alpha value is 1.55. The summed E-state index contributed by atoms with van der Waals surface area (Å²) in [5, 5.41) is 0. The van der Waals surface area contributed by atoms with Gasteiger partial charge in [0.25, 0.3) is 0 Å². The smallest absolute Gasteiger partial charge is 0.277 e. The molecule has 0 rings (SSSR count). The van der Waals surface area contributed by atoms with Crippen LogP contribution in [-0.4, -0.2) is 6.84 Å². The number of halogens is 4. The van der Waals surface area contributed by atoms with E-state index in [0.717, 1.165) is 24.0 Å². The summed E-state index contributed by atoms with van der Waals surface area (Å²) in [4.78, 5) is 0. The molecule has 0 aliphatic carbocycles. The second-order valence-electron chi connectivity index (χ2n) is 4.08. The average Bonchev–Trinajstić information content (AvgIpc) is 2.27. The third kappa shape index (κ3) is 7.70. The summed E-state index contributed by atoms with van der Waals surface area (Å²) in [6.07, 6.45) is 5.65. The Morgan fingerprint density at radius 3 is 1.50 bits per heavy atom. The Morgan fingerprint density at radius 1 is 0.950 bits per heavy atom. The molecule has 20 heavy (non-hydrogen) atoms. The molecule has 0 amide bonds. The molecule has 0 radical (unpaired) electrons. The van der Waals surface area contributed by atoms with E-state index in [4.69, 9.17) is 9.05 Å². The van der Waals surface area contributed by atoms with Crippen LogP contribution in [0.3, 0.4) is 0 Å². The van der Waals surface area contributed by atoms with Gasteiger partial charge in [-0.15, -0.1) is 0 Å². The van der Waals surface area contributed by atoms with E-state index >= 15 is 0 Å². The summed E-state index contributed by atoms with van der Waals surface area (Å²) >= 11 is 13.4. The van der Waals surface area contributed by atoms with E-state index in [1.54, 1.807) is 0 Å². The van der Waals surface area contributed by atoms with Gasteiger partial charge < -0.3 is 0 Å². The molecule has 0 saturated carbocycles. The van der Waals surface area contributed by atoms with Gasteiger partial charge in [0.1, 0.15) is 0 Å². The van der Waals surface area contributed by atoms with Crippen LogP contribution < -0.4 is 0 Å². The van der Waals surface area contributed by atoms with Gasteiger partial charge in [-0.3, -0.25) is 13.6 Å². The summed E-state index contributed by atoms with van der Waals surface area (Å²) in [6.45, 7) is 7.78. The van der Waals surface area contributed by atoms with Crippen molar-refractivity contribution in [1.29, 1.82) is 0 Å². The van der Waals surface area contributed by atoms with Crippen LogP contribution in [0.5, 0.6) is 0 Å². The maximum absolute atomic E-state index is 12.1. The molecular formula is C12H19Br4O3P. The number of rotatable bonds is 8. The van der Waals surface area contributed by atoms with Gasteiger partial charge in [-0.05, 0) is 102 Å². The highest BCUT2D eigenvalue weighted by Gasteiger charge is 2.34. The lowest BCUT2D eigenvalue weighted by molar-refractivity contribution is 0.212. The highest BCUT2D eigenvalue weighted by Crippen LogP contribution is 2.50. The third-order valence-electron chi connectivity index (χ3n) is 2.36. The van der Waals surface area contributed by atoms with Crippen LogP contribution in [0.1, 0.15) is 40.5 Å². The van der Waals surface area contributed by atoms with Crippen LogP contribution >= 0.6 is 72.0 Å². The SMILES string of the molecule is CC/C=C(\C)C(Br)(Br)O[PH](=O)OC(Br)(Br)/C(C)=C/CC. The van der Waals surface area contributed by atoms with Crippen LogP contribution in [-0.2, 0) is 13.6 Å². The van der Waals surface area contributed by atoms with Crippen molar-refractivity contribution in [3.63, 3.8) is 0 Å². The molecule has 0 aromatic rings. The van der Waals surface area contributed by atoms with E-state index in [9.17, 15) is 4.57 Å². The average molecular weight is 562 g/mol. The Kier molecular flexibility index (Phi) is 10.4. The Balaban J connectivity index is 4.80. The third-order valence-corrected chi connectivity index (χ3v) is 7.65. The summed E-state index contributed by atoms with van der Waals surface area (Å²) < 4.78 is 20.9. The second-order valence-corrected chi connectivity index (χ2v) is 11.6. The van der Waals surface area contributed by atoms with Crippen molar-refractivity contribution < 1.29 is 13.6 Å². The van der Waals surface area contributed by atoms with E-state index < -0.39 is 15.1 Å². The van der Waals surface area contributed by atoms with Crippen LogP contribution in [0.4, 0.5) is 0 Å². The quantitative estimate of drug-likeness (QED) is 0.182. The predicted molar refractivity (Wildman–Crippen MR) is 100 cm³/mol. The first-order valence-corrected chi connectivity index (χ1v) is 10.5. The maximum atomic E-state index is 12.1. The standard InChI is InChI=1S/C12H19Br4O3P/c1-5-7-9(3)11(13,14)18-20(17)19-12(15,16)10(4)8-6-2/h7-8,20H,5-6H2,1-4H3/b9-7+,10-8+. The van der Waals surface area contributed by atoms with Crippen molar-refractivity contribution in [3.8, 4) is 0 Å². The molecule has 0 heterocycles. The Morgan fingerprint density at radius 2 is 1.25 bits per heavy atom. The first-order valence-electron chi connectivity index (χ1n) is 6.08. The number of alkyl halides is 4. The zero-order chi connectivity index (χ0) is 16.0. The predicted octanol–water partition coefficient (Wildman–Crippen LogP) is 7.01. The molecule has 0 bridgehead atoms. The van der Waals surface area contributed by atoms with Crippen molar-refractivity contribution in [2.45, 2.75) is 47.4 Å². The molecule has 0 aliphatic rings. The van der Waals surface area contributed by atoms with E-state index in [-0.39, 0.29) is 0 Å². The molecule has 0 spiro atoms. The van der Waals surface area contributed by atoms with Gasteiger partial charge in [0.2, 0.25) is 6.84 Å². The van der Waals surface area contributed by atoms with Crippen LogP contribution in [0.25, 0.3) is 0 Å². The summed E-state index contributed by atoms with van der Waals surface area (Å²) in [5.74, 6) is 0. The summed E-state index contributed by atoms with van der Waals surface area (Å²) in [6, 6.07) is 0. The largest absolute Gasteiger partial charge is 0.323 e. The van der Waals surface area contributed by atoms with Crippen molar-refractivity contribution >= 4 is 72.0 Å².